The van der Waals surface area contributed by atoms with E-state index >= 15 is 0 Å². The van der Waals surface area contributed by atoms with Crippen molar-refractivity contribution in [3.05, 3.63) is 0 Å². The molecule has 5 rings (SSSR count). The van der Waals surface area contributed by atoms with Gasteiger partial charge in [0.1, 0.15) is 73.2 Å². The topological polar surface area (TPSA) is 302 Å². The van der Waals surface area contributed by atoms with Crippen LogP contribution in [0.15, 0.2) is 0 Å². The predicted molar refractivity (Wildman–Crippen MR) is 191 cm³/mol. The van der Waals surface area contributed by atoms with E-state index in [1.807, 2.05) is 55.4 Å². The van der Waals surface area contributed by atoms with Gasteiger partial charge in [-0.15, -0.1) is 0 Å². The van der Waals surface area contributed by atoms with Crippen LogP contribution in [-0.4, -0.2) is 198 Å². The molecule has 0 amide bonds. The Kier molecular flexibility index (Phi) is 18.6. The molecule has 17 atom stereocenters. The van der Waals surface area contributed by atoms with E-state index in [4.69, 9.17) is 83.9 Å². The Balaban J connectivity index is 0.000000264. The third-order valence-corrected chi connectivity index (χ3v) is 9.30. The van der Waals surface area contributed by atoms with E-state index < -0.39 is 97.1 Å². The number of carbonyl (C=O) groups excluding carboxylic acids is 1. The molecule has 0 aromatic heterocycles. The Morgan fingerprint density at radius 3 is 1.39 bits per heavy atom. The Hall–Kier alpha value is -1.09. The molecule has 5 saturated heterocycles. The quantitative estimate of drug-likeness (QED) is 0.114. The average Bonchev–Trinajstić information content (AvgIpc) is 3.78. The molecular formula is C36H68O20. The van der Waals surface area contributed by atoms with Crippen molar-refractivity contribution in [2.24, 2.45) is 0 Å². The molecule has 5 aliphatic heterocycles. The first kappa shape index (κ1) is 51.1. The van der Waals surface area contributed by atoms with Crippen LogP contribution in [0.3, 0.4) is 0 Å². The first-order chi connectivity index (χ1) is 25.5. The molecule has 0 aliphatic carbocycles. The van der Waals surface area contributed by atoms with E-state index in [9.17, 15) is 9.90 Å². The van der Waals surface area contributed by atoms with Crippen molar-refractivity contribution in [2.45, 2.75) is 210 Å². The molecule has 5 aliphatic rings. The van der Waals surface area contributed by atoms with Gasteiger partial charge in [0.05, 0.1) is 37.6 Å². The van der Waals surface area contributed by atoms with Crippen molar-refractivity contribution in [1.29, 1.82) is 0 Å². The van der Waals surface area contributed by atoms with Crippen LogP contribution in [0.5, 0.6) is 0 Å². The minimum atomic E-state index is -1.51. The molecule has 20 heteroatoms. The first-order valence-electron chi connectivity index (χ1n) is 18.7. The maximum Gasteiger partial charge on any atom is 0.183 e. The molecule has 0 aromatic rings. The Morgan fingerprint density at radius 2 is 0.982 bits per heavy atom. The zero-order chi connectivity index (χ0) is 43.3. The van der Waals surface area contributed by atoms with Gasteiger partial charge in [-0.3, -0.25) is 0 Å². The van der Waals surface area contributed by atoms with Gasteiger partial charge >= 0.3 is 0 Å². The number of ether oxygens (including phenoxy) is 9. The second kappa shape index (κ2) is 20.4. The number of aldehydes is 1. The lowest BCUT2D eigenvalue weighted by atomic mass is 10.0. The van der Waals surface area contributed by atoms with Crippen LogP contribution in [-0.2, 0) is 47.4 Å². The SMILES string of the molecule is CC(O)C(O)C(O)C(O)CO.CC1OC(C)(C)OC1C1OC(C)(C)OC1C=O.CC1OC(C)(C)OC1C1OC(C)(C)OC1CO.CC1OC(O)C(O)C(O)C1O. The largest absolute Gasteiger partial charge is 0.394 e. The van der Waals surface area contributed by atoms with Crippen LogP contribution in [0.4, 0.5) is 0 Å². The van der Waals surface area contributed by atoms with Crippen molar-refractivity contribution in [3.8, 4) is 0 Å². The zero-order valence-electron chi connectivity index (χ0n) is 34.4. The summed E-state index contributed by atoms with van der Waals surface area (Å²) in [5.74, 6) is -2.70. The highest BCUT2D eigenvalue weighted by molar-refractivity contribution is 5.58. The monoisotopic (exact) mass is 820 g/mol. The van der Waals surface area contributed by atoms with E-state index in [-0.39, 0.29) is 43.2 Å². The van der Waals surface area contributed by atoms with Crippen LogP contribution < -0.4 is 0 Å². The smallest absolute Gasteiger partial charge is 0.183 e. The van der Waals surface area contributed by atoms with Crippen molar-refractivity contribution >= 4 is 6.29 Å². The second-order valence-electron chi connectivity index (χ2n) is 16.3. The van der Waals surface area contributed by atoms with E-state index in [0.29, 0.717) is 0 Å². The van der Waals surface area contributed by atoms with Gasteiger partial charge < -0.3 is 98.5 Å². The summed E-state index contributed by atoms with van der Waals surface area (Å²) in [6, 6.07) is 0. The van der Waals surface area contributed by atoms with Crippen LogP contribution in [0.2, 0.25) is 0 Å². The molecule has 0 saturated carbocycles. The lowest BCUT2D eigenvalue weighted by Gasteiger charge is -2.36. The molecule has 0 bridgehead atoms. The molecule has 332 valence electrons. The number of aliphatic hydroxyl groups excluding tert-OH is 10. The second-order valence-corrected chi connectivity index (χ2v) is 16.3. The van der Waals surface area contributed by atoms with Gasteiger partial charge in [-0.1, -0.05) is 0 Å². The lowest BCUT2D eigenvalue weighted by Crippen LogP contribution is -2.56. The fourth-order valence-electron chi connectivity index (χ4n) is 6.71. The van der Waals surface area contributed by atoms with Crippen molar-refractivity contribution in [2.75, 3.05) is 13.2 Å². The summed E-state index contributed by atoms with van der Waals surface area (Å²) in [5.41, 5.74) is 0. The van der Waals surface area contributed by atoms with Gasteiger partial charge in [0.25, 0.3) is 0 Å². The van der Waals surface area contributed by atoms with Gasteiger partial charge in [0.2, 0.25) is 0 Å². The molecule has 10 N–H and O–H groups in total. The summed E-state index contributed by atoms with van der Waals surface area (Å²) in [6.45, 7) is 20.6. The first-order valence-corrected chi connectivity index (χ1v) is 18.7. The third-order valence-electron chi connectivity index (χ3n) is 9.30. The van der Waals surface area contributed by atoms with E-state index in [2.05, 4.69) is 4.74 Å². The Bertz CT molecular complexity index is 1170. The number of aliphatic hydroxyl groups is 10. The van der Waals surface area contributed by atoms with Crippen LogP contribution in [0, 0.1) is 0 Å². The maximum absolute atomic E-state index is 11.0. The normalized spacial score (nSPS) is 41.4. The Morgan fingerprint density at radius 1 is 0.554 bits per heavy atom. The highest BCUT2D eigenvalue weighted by Crippen LogP contribution is 2.39. The fourth-order valence-corrected chi connectivity index (χ4v) is 6.71. The molecule has 20 nitrogen and oxygen atoms in total. The highest BCUT2D eigenvalue weighted by Gasteiger charge is 2.53. The molecular weight excluding hydrogens is 752 g/mol. The van der Waals surface area contributed by atoms with E-state index in [1.165, 1.54) is 13.8 Å². The maximum atomic E-state index is 11.0. The van der Waals surface area contributed by atoms with Crippen LogP contribution in [0.25, 0.3) is 0 Å². The number of hydrogen-bond acceptors (Lipinski definition) is 20. The van der Waals surface area contributed by atoms with Crippen LogP contribution >= 0.6 is 0 Å². The van der Waals surface area contributed by atoms with Crippen molar-refractivity contribution in [3.63, 3.8) is 0 Å². The van der Waals surface area contributed by atoms with Gasteiger partial charge in [-0.05, 0) is 83.1 Å². The fraction of sp³-hybridized carbons (Fsp3) is 0.972. The summed E-state index contributed by atoms with van der Waals surface area (Å²) in [4.78, 5) is 11.0. The standard InChI is InChI=1S/C12H22O5.C12H20O5.C6H12O5.C6H14O5/c2*1-7-9(16-11(2,3)14-7)10-8(6-13)15-12(4,5)17-10;1-2-3(7)4(8)5(9)6(10)11-2;1-3(8)5(10)6(11)4(9)2-7/h7-10,13H,6H2,1-5H3;6-10H,1-5H3;2-10H,1H3;3-11H,2H2,1H3. The summed E-state index contributed by atoms with van der Waals surface area (Å²) in [7, 11) is 0. The predicted octanol–water partition coefficient (Wildman–Crippen LogP) is -2.47. The molecule has 17 unspecified atom stereocenters. The summed E-state index contributed by atoms with van der Waals surface area (Å²) in [6.07, 6.45) is -13.1. The van der Waals surface area contributed by atoms with Gasteiger partial charge in [0, 0.05) is 0 Å². The van der Waals surface area contributed by atoms with Gasteiger partial charge in [0.15, 0.2) is 35.7 Å². The van der Waals surface area contributed by atoms with E-state index in [1.54, 1.807) is 13.8 Å². The summed E-state index contributed by atoms with van der Waals surface area (Å²) >= 11 is 0. The molecule has 56 heavy (non-hydrogen) atoms. The van der Waals surface area contributed by atoms with Crippen molar-refractivity contribution in [1.82, 2.24) is 0 Å². The number of rotatable bonds is 8. The van der Waals surface area contributed by atoms with Gasteiger partial charge in [-0.25, -0.2) is 0 Å². The average molecular weight is 821 g/mol. The minimum absolute atomic E-state index is 0.0819. The van der Waals surface area contributed by atoms with Gasteiger partial charge in [-0.2, -0.15) is 0 Å². The Labute approximate surface area is 328 Å². The molecule has 0 radical (unpaired) electrons. The minimum Gasteiger partial charge on any atom is -0.394 e. The van der Waals surface area contributed by atoms with Crippen LogP contribution in [0.1, 0.15) is 83.1 Å². The molecule has 5 fully saturated rings. The highest BCUT2D eigenvalue weighted by atomic mass is 16.8. The van der Waals surface area contributed by atoms with E-state index in [0.717, 1.165) is 6.29 Å². The third kappa shape index (κ3) is 14.0. The molecule has 0 aromatic carbocycles. The van der Waals surface area contributed by atoms with Crippen molar-refractivity contribution < 1.29 is 98.5 Å². The lowest BCUT2D eigenvalue weighted by molar-refractivity contribution is -0.277. The molecule has 5 heterocycles. The molecule has 0 spiro atoms. The zero-order valence-corrected chi connectivity index (χ0v) is 34.4. The number of hydrogen-bond donors (Lipinski definition) is 10. The summed E-state index contributed by atoms with van der Waals surface area (Å²) < 4.78 is 50.3. The summed E-state index contributed by atoms with van der Waals surface area (Å²) in [5, 5.41) is 89.0. The number of carbonyl (C=O) groups is 1.